The van der Waals surface area contributed by atoms with Crippen LogP contribution in [0.4, 0.5) is 0 Å². The zero-order chi connectivity index (χ0) is 29.3. The average Bonchev–Trinajstić information content (AvgIpc) is 3.00. The molecular weight excluding hydrogens is 512 g/mol. The first kappa shape index (κ1) is 32.0. The fourth-order valence-corrected chi connectivity index (χ4v) is 3.48. The van der Waals surface area contributed by atoms with Gasteiger partial charge < -0.3 is 15.1 Å². The Balaban J connectivity index is 0.000000840. The molecule has 0 fully saturated rings. The van der Waals surface area contributed by atoms with Crippen molar-refractivity contribution in [3.8, 4) is 33.8 Å². The molecule has 0 aromatic heterocycles. The van der Waals surface area contributed by atoms with Gasteiger partial charge in [-0.05, 0) is 52.8 Å². The first-order chi connectivity index (χ1) is 19.3. The molecule has 0 aliphatic heterocycles. The van der Waals surface area contributed by atoms with Crippen molar-refractivity contribution in [2.75, 3.05) is 20.3 Å². The highest BCUT2D eigenvalue weighted by Crippen LogP contribution is 2.32. The maximum Gasteiger partial charge on any atom is 0.383 e. The smallest absolute Gasteiger partial charge is 0.383 e. The number of aldehydes is 1. The molecule has 2 N–H and O–H groups in total. The predicted octanol–water partition coefficient (Wildman–Crippen LogP) is 5.81. The highest BCUT2D eigenvalue weighted by molar-refractivity contribution is 5.87. The van der Waals surface area contributed by atoms with Gasteiger partial charge in [0.25, 0.3) is 0 Å². The number of benzene rings is 3. The third-order valence-corrected chi connectivity index (χ3v) is 5.70. The molecule has 3 aromatic carbocycles. The molecule has 0 aliphatic carbocycles. The number of hydrogen-bond acceptors (Lipinski definition) is 8. The molecule has 212 valence electrons. The normalized spacial score (nSPS) is 10.1. The molecule has 0 unspecified atom stereocenters. The van der Waals surface area contributed by atoms with Gasteiger partial charge in [-0.25, -0.2) is 9.68 Å². The van der Waals surface area contributed by atoms with Gasteiger partial charge in [0.2, 0.25) is 0 Å². The van der Waals surface area contributed by atoms with E-state index < -0.39 is 12.6 Å². The molecule has 0 amide bonds. The summed E-state index contributed by atoms with van der Waals surface area (Å²) in [6.45, 7) is 8.04. The maximum absolute atomic E-state index is 11.7. The molecule has 0 heterocycles. The summed E-state index contributed by atoms with van der Waals surface area (Å²) in [5.41, 5.74) is 5.42. The Labute approximate surface area is 235 Å². The van der Waals surface area contributed by atoms with Crippen LogP contribution in [-0.4, -0.2) is 42.8 Å². The monoisotopic (exact) mass is 548 g/mol. The number of unbranched alkanes of at least 4 members (excludes halogenated alkanes) is 2. The van der Waals surface area contributed by atoms with Crippen LogP contribution in [0.15, 0.2) is 91.0 Å². The van der Waals surface area contributed by atoms with E-state index in [4.69, 9.17) is 29.8 Å². The van der Waals surface area contributed by atoms with Crippen molar-refractivity contribution in [2.24, 2.45) is 0 Å². The van der Waals surface area contributed by atoms with Gasteiger partial charge in [0, 0.05) is 11.6 Å². The Bertz CT molecular complexity index is 1250. The van der Waals surface area contributed by atoms with Crippen LogP contribution >= 0.6 is 0 Å². The number of carbonyl (C=O) groups is 2. The van der Waals surface area contributed by atoms with Crippen LogP contribution in [0.3, 0.4) is 0 Å². The summed E-state index contributed by atoms with van der Waals surface area (Å²) in [6.07, 6.45) is 5.34. The molecule has 8 heteroatoms. The Morgan fingerprint density at radius 3 is 1.82 bits per heavy atom. The van der Waals surface area contributed by atoms with Gasteiger partial charge >= 0.3 is 5.97 Å². The maximum atomic E-state index is 11.7. The van der Waals surface area contributed by atoms with E-state index in [1.54, 1.807) is 12.1 Å². The molecule has 0 bridgehead atoms. The van der Waals surface area contributed by atoms with Crippen LogP contribution in [0, 0.1) is 0 Å². The van der Waals surface area contributed by atoms with E-state index in [1.165, 1.54) is 38.0 Å². The fraction of sp³-hybridized carbons (Fsp3) is 0.250. The SMILES string of the molecule is C=C(C=O)CO.C=C(CO)C(=O)OOc1cc(OOC)cc(-c2ccc(-c3ccc(CCCCC)cc3)cc2)c1. The van der Waals surface area contributed by atoms with E-state index in [0.717, 1.165) is 28.7 Å². The van der Waals surface area contributed by atoms with E-state index in [9.17, 15) is 9.59 Å². The number of aliphatic hydroxyl groups is 2. The van der Waals surface area contributed by atoms with Crippen molar-refractivity contribution < 1.29 is 39.4 Å². The topological polar surface area (TPSA) is 112 Å². The zero-order valence-electron chi connectivity index (χ0n) is 22.9. The highest BCUT2D eigenvalue weighted by atomic mass is 17.2. The van der Waals surface area contributed by atoms with E-state index in [2.05, 4.69) is 56.5 Å². The quantitative estimate of drug-likeness (QED) is 0.0853. The number of aliphatic hydroxyl groups excluding tert-OH is 2. The molecule has 0 aliphatic rings. The van der Waals surface area contributed by atoms with Crippen molar-refractivity contribution in [1.82, 2.24) is 0 Å². The Morgan fingerprint density at radius 2 is 1.35 bits per heavy atom. The minimum absolute atomic E-state index is 0.117. The van der Waals surface area contributed by atoms with Gasteiger partial charge in [0.1, 0.15) is 6.29 Å². The lowest BCUT2D eigenvalue weighted by Gasteiger charge is -2.11. The fourth-order valence-electron chi connectivity index (χ4n) is 3.48. The number of carbonyl (C=O) groups excluding carboxylic acids is 2. The van der Waals surface area contributed by atoms with E-state index in [-0.39, 0.29) is 23.5 Å². The van der Waals surface area contributed by atoms with Crippen molar-refractivity contribution in [3.63, 3.8) is 0 Å². The summed E-state index contributed by atoms with van der Waals surface area (Å²) >= 11 is 0. The molecule has 3 aromatic rings. The second-order valence-corrected chi connectivity index (χ2v) is 8.82. The van der Waals surface area contributed by atoms with Crippen LogP contribution in [-0.2, 0) is 25.8 Å². The van der Waals surface area contributed by atoms with Crippen molar-refractivity contribution in [2.45, 2.75) is 32.6 Å². The molecule has 0 radical (unpaired) electrons. The number of hydrogen-bond donors (Lipinski definition) is 2. The molecule has 0 spiro atoms. The summed E-state index contributed by atoms with van der Waals surface area (Å²) in [6, 6.07) is 21.8. The van der Waals surface area contributed by atoms with Crippen LogP contribution < -0.4 is 9.78 Å². The molecule has 40 heavy (non-hydrogen) atoms. The molecule has 0 saturated heterocycles. The molecule has 0 atom stereocenters. The van der Waals surface area contributed by atoms with Crippen LogP contribution in [0.2, 0.25) is 0 Å². The summed E-state index contributed by atoms with van der Waals surface area (Å²) in [5.74, 6) is -0.260. The molecule has 3 rings (SSSR count). The second-order valence-electron chi connectivity index (χ2n) is 8.82. The third-order valence-electron chi connectivity index (χ3n) is 5.70. The summed E-state index contributed by atoms with van der Waals surface area (Å²) in [7, 11) is 1.39. The van der Waals surface area contributed by atoms with Crippen molar-refractivity contribution in [1.29, 1.82) is 0 Å². The number of rotatable bonds is 14. The van der Waals surface area contributed by atoms with Gasteiger partial charge in [0.15, 0.2) is 11.5 Å². The Morgan fingerprint density at radius 1 is 0.800 bits per heavy atom. The Kier molecular flexibility index (Phi) is 13.9. The molecule has 8 nitrogen and oxygen atoms in total. The van der Waals surface area contributed by atoms with Gasteiger partial charge in [-0.2, -0.15) is 4.89 Å². The van der Waals surface area contributed by atoms with Gasteiger partial charge in [-0.3, -0.25) is 9.68 Å². The Hall–Kier alpha value is -4.24. The lowest BCUT2D eigenvalue weighted by molar-refractivity contribution is -0.209. The number of aryl methyl sites for hydroxylation is 1. The lowest BCUT2D eigenvalue weighted by Crippen LogP contribution is -2.12. The second kappa shape index (κ2) is 17.4. The molecular formula is C32H36O8. The third kappa shape index (κ3) is 10.5. The minimum atomic E-state index is -0.858. The van der Waals surface area contributed by atoms with Crippen molar-refractivity contribution in [3.05, 3.63) is 96.6 Å². The standard InChI is InChI=1S/C28H30O6.C4H6O2/c1-4-5-6-7-21-8-10-22(11-9-21)23-12-14-24(15-13-23)25-16-26(32-31-3)18-27(17-25)33-34-28(30)20(2)19-29;1-4(2-5)3-6/h8-18,29H,2,4-7,19H2,1,3H3;2,6H,1,3H2. The van der Waals surface area contributed by atoms with Crippen molar-refractivity contribution >= 4 is 12.3 Å². The van der Waals surface area contributed by atoms with Gasteiger partial charge in [-0.15, -0.1) is 0 Å². The first-order valence-electron chi connectivity index (χ1n) is 12.8. The van der Waals surface area contributed by atoms with Crippen LogP contribution in [0.25, 0.3) is 22.3 Å². The van der Waals surface area contributed by atoms with Crippen LogP contribution in [0.1, 0.15) is 31.7 Å². The highest BCUT2D eigenvalue weighted by Gasteiger charge is 2.12. The summed E-state index contributed by atoms with van der Waals surface area (Å²) in [5, 5.41) is 17.0. The van der Waals surface area contributed by atoms with E-state index >= 15 is 0 Å². The minimum Gasteiger partial charge on any atom is -0.392 e. The van der Waals surface area contributed by atoms with E-state index in [1.807, 2.05) is 12.1 Å². The lowest BCUT2D eigenvalue weighted by atomic mass is 9.98. The summed E-state index contributed by atoms with van der Waals surface area (Å²) in [4.78, 5) is 40.9. The summed E-state index contributed by atoms with van der Waals surface area (Å²) < 4.78 is 0. The van der Waals surface area contributed by atoms with Gasteiger partial charge in [-0.1, -0.05) is 81.5 Å². The van der Waals surface area contributed by atoms with Crippen LogP contribution in [0.5, 0.6) is 11.5 Å². The molecule has 0 saturated carbocycles. The van der Waals surface area contributed by atoms with Gasteiger partial charge in [0.05, 0.1) is 25.9 Å². The average molecular weight is 549 g/mol. The van der Waals surface area contributed by atoms with E-state index in [0.29, 0.717) is 12.0 Å². The first-order valence-corrected chi connectivity index (χ1v) is 12.8. The largest absolute Gasteiger partial charge is 0.392 e. The zero-order valence-corrected chi connectivity index (χ0v) is 22.9. The predicted molar refractivity (Wildman–Crippen MR) is 153 cm³/mol.